The zero-order chi connectivity index (χ0) is 34.9. The predicted molar refractivity (Wildman–Crippen MR) is 189 cm³/mol. The van der Waals surface area contributed by atoms with Gasteiger partial charge in [-0.3, -0.25) is 4.79 Å². The molecule has 0 spiro atoms. The number of hydrogen-bond acceptors (Lipinski definition) is 8. The standard InChI is InChI=1S/C36H41N5O7S/c1-23-20-41(24(2)22-42)35(43)28-12-8-14-30(38-36(44)37-29-13-7-10-25-9-5-6-11-27(25)29)34(28)48-33(23)21-40(4)49(45,46)26-15-16-32-31(19-26)39(3)17-18-47-32/h5-16,19,23-24,33,42H,17-18,20-22H2,1-4H3,(H2,37,38,44)/t23-,24+,33+/m1/s1. The molecule has 4 aromatic rings. The Morgan fingerprint density at radius 1 is 1.04 bits per heavy atom. The second kappa shape index (κ2) is 13.9. The van der Waals surface area contributed by atoms with Gasteiger partial charge in [-0.05, 0) is 48.7 Å². The van der Waals surface area contributed by atoms with Crippen molar-refractivity contribution in [3.05, 3.63) is 84.4 Å². The Labute approximate surface area is 286 Å². The smallest absolute Gasteiger partial charge is 0.323 e. The van der Waals surface area contributed by atoms with Crippen molar-refractivity contribution in [2.24, 2.45) is 5.92 Å². The van der Waals surface area contributed by atoms with E-state index in [4.69, 9.17) is 9.47 Å². The number of benzene rings is 4. The third-order valence-electron chi connectivity index (χ3n) is 9.15. The van der Waals surface area contributed by atoms with Crippen molar-refractivity contribution < 1.29 is 32.6 Å². The lowest BCUT2D eigenvalue weighted by molar-refractivity contribution is 0.0389. The maximum atomic E-state index is 13.9. The van der Waals surface area contributed by atoms with E-state index in [1.54, 1.807) is 48.2 Å². The first kappa shape index (κ1) is 34.0. The van der Waals surface area contributed by atoms with E-state index in [-0.39, 0.29) is 53.4 Å². The van der Waals surface area contributed by atoms with Gasteiger partial charge in [0.25, 0.3) is 5.91 Å². The number of likely N-dealkylation sites (N-methyl/N-ethyl adjacent to an activating group) is 2. The fourth-order valence-corrected chi connectivity index (χ4v) is 7.40. The van der Waals surface area contributed by atoms with E-state index in [9.17, 15) is 23.1 Å². The summed E-state index contributed by atoms with van der Waals surface area (Å²) in [4.78, 5) is 30.9. The van der Waals surface area contributed by atoms with Gasteiger partial charge in [-0.1, -0.05) is 49.4 Å². The van der Waals surface area contributed by atoms with Gasteiger partial charge in [0.05, 0.1) is 53.3 Å². The second-order valence-corrected chi connectivity index (χ2v) is 14.6. The molecule has 12 nitrogen and oxygen atoms in total. The number of amides is 3. The van der Waals surface area contributed by atoms with E-state index < -0.39 is 28.2 Å². The van der Waals surface area contributed by atoms with Gasteiger partial charge < -0.3 is 35.0 Å². The van der Waals surface area contributed by atoms with Crippen LogP contribution in [0.15, 0.2) is 83.8 Å². The summed E-state index contributed by atoms with van der Waals surface area (Å²) >= 11 is 0. The van der Waals surface area contributed by atoms with Gasteiger partial charge in [0.2, 0.25) is 10.0 Å². The number of urea groups is 1. The highest BCUT2D eigenvalue weighted by Gasteiger charge is 2.36. The van der Waals surface area contributed by atoms with E-state index in [1.807, 2.05) is 55.3 Å². The van der Waals surface area contributed by atoms with Crippen LogP contribution < -0.4 is 25.0 Å². The van der Waals surface area contributed by atoms with Crippen molar-refractivity contribution in [3.8, 4) is 11.5 Å². The molecule has 0 unspecified atom stereocenters. The third kappa shape index (κ3) is 6.87. The van der Waals surface area contributed by atoms with Crippen LogP contribution in [0.25, 0.3) is 10.8 Å². The maximum Gasteiger partial charge on any atom is 0.323 e. The van der Waals surface area contributed by atoms with Gasteiger partial charge in [-0.15, -0.1) is 0 Å². The van der Waals surface area contributed by atoms with E-state index >= 15 is 0 Å². The van der Waals surface area contributed by atoms with Crippen molar-refractivity contribution in [1.82, 2.24) is 9.21 Å². The summed E-state index contributed by atoms with van der Waals surface area (Å²) in [5.41, 5.74) is 1.72. The molecule has 2 heterocycles. The number of carbonyl (C=O) groups excluding carboxylic acids is 2. The molecule has 0 bridgehead atoms. The largest absolute Gasteiger partial charge is 0.490 e. The average molecular weight is 688 g/mol. The fraction of sp³-hybridized carbons (Fsp3) is 0.333. The quantitative estimate of drug-likeness (QED) is 0.239. The van der Waals surface area contributed by atoms with Crippen LogP contribution in [-0.4, -0.2) is 93.8 Å². The van der Waals surface area contributed by atoms with Crippen LogP contribution in [0.5, 0.6) is 11.5 Å². The molecule has 3 atom stereocenters. The van der Waals surface area contributed by atoms with Crippen LogP contribution >= 0.6 is 0 Å². The summed E-state index contributed by atoms with van der Waals surface area (Å²) in [6.07, 6.45) is -0.743. The number of nitrogens with zero attached hydrogens (tertiary/aromatic N) is 3. The SMILES string of the molecule is C[C@@H]1CN([C@@H](C)CO)C(=O)c2cccc(NC(=O)Nc3cccc4ccccc34)c2O[C@H]1CN(C)S(=O)(=O)c1ccc2c(c1)N(C)CCO2. The summed E-state index contributed by atoms with van der Waals surface area (Å²) in [6.45, 7) is 4.65. The zero-order valence-electron chi connectivity index (χ0n) is 27.9. The fourth-order valence-electron chi connectivity index (χ4n) is 6.19. The molecule has 4 aromatic carbocycles. The first-order valence-electron chi connectivity index (χ1n) is 16.2. The molecule has 0 fully saturated rings. The number of hydrogen-bond donors (Lipinski definition) is 3. The number of fused-ring (bicyclic) bond motifs is 3. The monoisotopic (exact) mass is 687 g/mol. The Morgan fingerprint density at radius 3 is 2.55 bits per heavy atom. The van der Waals surface area contributed by atoms with Crippen LogP contribution in [0, 0.1) is 5.92 Å². The number of rotatable bonds is 8. The summed E-state index contributed by atoms with van der Waals surface area (Å²) < 4.78 is 41.3. The molecular formula is C36H41N5O7S. The highest BCUT2D eigenvalue weighted by molar-refractivity contribution is 7.89. The molecule has 6 rings (SSSR count). The Morgan fingerprint density at radius 2 is 1.76 bits per heavy atom. The van der Waals surface area contributed by atoms with Gasteiger partial charge in [0, 0.05) is 31.9 Å². The lowest BCUT2D eigenvalue weighted by atomic mass is 9.99. The number of carbonyl (C=O) groups is 2. The Kier molecular flexibility index (Phi) is 9.68. The molecule has 49 heavy (non-hydrogen) atoms. The molecule has 2 aliphatic rings. The highest BCUT2D eigenvalue weighted by Crippen LogP contribution is 2.37. The van der Waals surface area contributed by atoms with Gasteiger partial charge in [-0.2, -0.15) is 4.31 Å². The van der Waals surface area contributed by atoms with E-state index in [2.05, 4.69) is 10.6 Å². The maximum absolute atomic E-state index is 13.9. The molecule has 0 aromatic heterocycles. The van der Waals surface area contributed by atoms with Gasteiger partial charge in [-0.25, -0.2) is 13.2 Å². The van der Waals surface area contributed by atoms with Crippen molar-refractivity contribution >= 4 is 49.8 Å². The Balaban J connectivity index is 1.31. The van der Waals surface area contributed by atoms with Crippen LogP contribution in [-0.2, 0) is 10.0 Å². The number of aliphatic hydroxyl groups is 1. The molecule has 0 aliphatic carbocycles. The van der Waals surface area contributed by atoms with Gasteiger partial charge in [0.15, 0.2) is 5.75 Å². The molecule has 0 saturated carbocycles. The summed E-state index contributed by atoms with van der Waals surface area (Å²) in [7, 11) is -0.595. The van der Waals surface area contributed by atoms with Crippen LogP contribution in [0.4, 0.5) is 21.9 Å². The van der Waals surface area contributed by atoms with Crippen molar-refractivity contribution in [3.63, 3.8) is 0 Å². The molecule has 0 radical (unpaired) electrons. The van der Waals surface area contributed by atoms with Gasteiger partial charge >= 0.3 is 6.03 Å². The predicted octanol–water partition coefficient (Wildman–Crippen LogP) is 4.85. The number of anilines is 3. The number of aliphatic hydroxyl groups excluding tert-OH is 1. The molecule has 3 amide bonds. The summed E-state index contributed by atoms with van der Waals surface area (Å²) in [5.74, 6) is -0.00690. The number of para-hydroxylation sites is 1. The minimum absolute atomic E-state index is 0.0571. The molecular weight excluding hydrogens is 646 g/mol. The molecule has 3 N–H and O–H groups in total. The number of sulfonamides is 1. The average Bonchev–Trinajstić information content (AvgIpc) is 3.09. The highest BCUT2D eigenvalue weighted by atomic mass is 32.2. The molecule has 0 saturated heterocycles. The Hall–Kier alpha value is -4.85. The first-order chi connectivity index (χ1) is 23.5. The molecule has 258 valence electrons. The summed E-state index contributed by atoms with van der Waals surface area (Å²) in [5, 5.41) is 17.6. The number of nitrogens with one attached hydrogen (secondary N) is 2. The molecule has 2 aliphatic heterocycles. The lowest BCUT2D eigenvalue weighted by Gasteiger charge is -2.38. The van der Waals surface area contributed by atoms with Gasteiger partial charge in [0.1, 0.15) is 18.5 Å². The summed E-state index contributed by atoms with van der Waals surface area (Å²) in [6, 6.07) is 21.9. The minimum atomic E-state index is -3.97. The van der Waals surface area contributed by atoms with Crippen LogP contribution in [0.2, 0.25) is 0 Å². The van der Waals surface area contributed by atoms with Crippen LogP contribution in [0.3, 0.4) is 0 Å². The van der Waals surface area contributed by atoms with Crippen molar-refractivity contribution in [2.45, 2.75) is 30.9 Å². The van der Waals surface area contributed by atoms with Crippen LogP contribution in [0.1, 0.15) is 24.2 Å². The topological polar surface area (TPSA) is 141 Å². The van der Waals surface area contributed by atoms with E-state index in [1.165, 1.54) is 17.4 Å². The minimum Gasteiger partial charge on any atom is -0.490 e. The normalized spacial score (nSPS) is 18.4. The number of ether oxygens (including phenoxy) is 2. The van der Waals surface area contributed by atoms with Crippen molar-refractivity contribution in [1.29, 1.82) is 0 Å². The first-order valence-corrected chi connectivity index (χ1v) is 17.6. The zero-order valence-corrected chi connectivity index (χ0v) is 28.7. The second-order valence-electron chi connectivity index (χ2n) is 12.6. The third-order valence-corrected chi connectivity index (χ3v) is 11.0. The molecule has 13 heteroatoms. The van der Waals surface area contributed by atoms with Crippen molar-refractivity contribution in [2.75, 3.05) is 62.5 Å². The van der Waals surface area contributed by atoms with E-state index in [0.717, 1.165) is 10.8 Å². The Bertz CT molecular complexity index is 1980. The van der Waals surface area contributed by atoms with E-state index in [0.29, 0.717) is 30.3 Å². The lowest BCUT2D eigenvalue weighted by Crippen LogP contribution is -2.50.